The number of halogens is 3. The van der Waals surface area contributed by atoms with Gasteiger partial charge >= 0.3 is 0 Å². The number of rotatable bonds is 6. The number of alkyl halides is 1. The third-order valence-corrected chi connectivity index (χ3v) is 4.21. The highest BCUT2D eigenvalue weighted by atomic mass is 35.5. The smallest absolute Gasteiger partial charge is 0.225 e. The number of carbonyl (C=O) groups excluding carboxylic acids is 1. The molecule has 0 bridgehead atoms. The van der Waals surface area contributed by atoms with Crippen LogP contribution >= 0.6 is 23.2 Å². The van der Waals surface area contributed by atoms with Crippen LogP contribution < -0.4 is 15.4 Å². The summed E-state index contributed by atoms with van der Waals surface area (Å²) in [7, 11) is 1.50. The van der Waals surface area contributed by atoms with Crippen molar-refractivity contribution in [3.63, 3.8) is 0 Å². The molecule has 0 saturated carbocycles. The zero-order valence-electron chi connectivity index (χ0n) is 14.2. The molecule has 140 valence electrons. The Kier molecular flexibility index (Phi) is 5.93. The molecule has 0 atom stereocenters. The number of methoxy groups -OCH3 is 1. The maximum absolute atomic E-state index is 13.4. The Hall–Kier alpha value is -2.64. The van der Waals surface area contributed by atoms with Gasteiger partial charge in [0.25, 0.3) is 0 Å². The summed E-state index contributed by atoms with van der Waals surface area (Å²) >= 11 is 11.4. The van der Waals surface area contributed by atoms with Crippen LogP contribution in [0.15, 0.2) is 36.7 Å². The van der Waals surface area contributed by atoms with Crippen molar-refractivity contribution in [1.82, 2.24) is 9.97 Å². The van der Waals surface area contributed by atoms with Crippen molar-refractivity contribution in [2.45, 2.75) is 6.42 Å². The van der Waals surface area contributed by atoms with Gasteiger partial charge in [0.1, 0.15) is 23.7 Å². The fourth-order valence-electron chi connectivity index (χ4n) is 2.46. The summed E-state index contributed by atoms with van der Waals surface area (Å²) in [6.07, 6.45) is 1.56. The number of ether oxygens (including phenoxy) is 1. The van der Waals surface area contributed by atoms with Gasteiger partial charge in [-0.3, -0.25) is 4.79 Å². The van der Waals surface area contributed by atoms with Crippen LogP contribution in [0.5, 0.6) is 5.75 Å². The minimum absolute atomic E-state index is 0.00550. The lowest BCUT2D eigenvalue weighted by molar-refractivity contribution is -0.115. The molecule has 1 amide bonds. The molecular weight excluding hydrogens is 394 g/mol. The van der Waals surface area contributed by atoms with E-state index in [4.69, 9.17) is 27.9 Å². The Balaban J connectivity index is 2.02. The molecule has 3 aromatic rings. The van der Waals surface area contributed by atoms with E-state index in [1.807, 2.05) is 0 Å². The van der Waals surface area contributed by atoms with Gasteiger partial charge in [0.2, 0.25) is 5.91 Å². The third kappa shape index (κ3) is 4.37. The van der Waals surface area contributed by atoms with Crippen LogP contribution in [0.2, 0.25) is 5.02 Å². The van der Waals surface area contributed by atoms with E-state index in [9.17, 15) is 9.18 Å². The van der Waals surface area contributed by atoms with Crippen LogP contribution in [0.4, 0.5) is 21.6 Å². The van der Waals surface area contributed by atoms with Gasteiger partial charge in [-0.15, -0.1) is 11.6 Å². The molecule has 1 aromatic heterocycles. The number of fused-ring (bicyclic) bond motifs is 1. The quantitative estimate of drug-likeness (QED) is 0.575. The topological polar surface area (TPSA) is 76.1 Å². The molecule has 0 radical (unpaired) electrons. The summed E-state index contributed by atoms with van der Waals surface area (Å²) in [5, 5.41) is 6.47. The molecule has 0 saturated heterocycles. The standard InChI is InChI=1S/C18H15Cl2FN4O2/c1-27-16-8-14-11(7-15(16)25-17(26)4-5-19)18(23-9-22-14)24-10-2-3-13(21)12(20)6-10/h2-3,6-9H,4-5H2,1H3,(H,25,26)(H,22,23,24). The Morgan fingerprint density at radius 3 is 2.78 bits per heavy atom. The van der Waals surface area contributed by atoms with E-state index < -0.39 is 5.82 Å². The molecule has 0 aliphatic carbocycles. The van der Waals surface area contributed by atoms with E-state index in [0.717, 1.165) is 0 Å². The number of amides is 1. The average molecular weight is 409 g/mol. The van der Waals surface area contributed by atoms with Gasteiger partial charge < -0.3 is 15.4 Å². The monoisotopic (exact) mass is 408 g/mol. The number of hydrogen-bond donors (Lipinski definition) is 2. The zero-order valence-corrected chi connectivity index (χ0v) is 15.7. The van der Waals surface area contributed by atoms with Crippen LogP contribution in [-0.4, -0.2) is 28.9 Å². The van der Waals surface area contributed by atoms with Gasteiger partial charge in [0, 0.05) is 29.4 Å². The van der Waals surface area contributed by atoms with E-state index >= 15 is 0 Å². The second-order valence-electron chi connectivity index (χ2n) is 5.53. The molecule has 0 spiro atoms. The molecule has 0 unspecified atom stereocenters. The molecule has 2 N–H and O–H groups in total. The van der Waals surface area contributed by atoms with Crippen molar-refractivity contribution in [3.8, 4) is 5.75 Å². The molecular formula is C18H15Cl2FN4O2. The first kappa shape index (κ1) is 19.1. The van der Waals surface area contributed by atoms with Crippen molar-refractivity contribution in [2.24, 2.45) is 0 Å². The van der Waals surface area contributed by atoms with Crippen LogP contribution in [-0.2, 0) is 4.79 Å². The Labute approximate surface area is 164 Å². The number of aromatic nitrogens is 2. The highest BCUT2D eigenvalue weighted by molar-refractivity contribution is 6.31. The van der Waals surface area contributed by atoms with Gasteiger partial charge in [0.05, 0.1) is 23.3 Å². The predicted octanol–water partition coefficient (Wildman–Crippen LogP) is 4.74. The molecule has 2 aromatic carbocycles. The van der Waals surface area contributed by atoms with Gasteiger partial charge in [0.15, 0.2) is 0 Å². The molecule has 3 rings (SSSR count). The van der Waals surface area contributed by atoms with Crippen LogP contribution in [0.1, 0.15) is 6.42 Å². The molecule has 0 aliphatic heterocycles. The molecule has 0 aliphatic rings. The summed E-state index contributed by atoms with van der Waals surface area (Å²) in [6.45, 7) is 0. The van der Waals surface area contributed by atoms with Gasteiger partial charge in [-0.1, -0.05) is 11.6 Å². The van der Waals surface area contributed by atoms with E-state index in [2.05, 4.69) is 20.6 Å². The minimum Gasteiger partial charge on any atom is -0.494 e. The largest absolute Gasteiger partial charge is 0.494 e. The second kappa shape index (κ2) is 8.37. The van der Waals surface area contributed by atoms with E-state index in [0.29, 0.717) is 33.8 Å². The highest BCUT2D eigenvalue weighted by Gasteiger charge is 2.13. The molecule has 27 heavy (non-hydrogen) atoms. The Morgan fingerprint density at radius 1 is 1.26 bits per heavy atom. The highest BCUT2D eigenvalue weighted by Crippen LogP contribution is 2.33. The first-order valence-corrected chi connectivity index (χ1v) is 8.83. The minimum atomic E-state index is -0.510. The number of benzene rings is 2. The van der Waals surface area contributed by atoms with Crippen LogP contribution in [0.3, 0.4) is 0 Å². The molecule has 9 heteroatoms. The van der Waals surface area contributed by atoms with E-state index in [1.54, 1.807) is 18.2 Å². The van der Waals surface area contributed by atoms with Crippen LogP contribution in [0, 0.1) is 5.82 Å². The fraction of sp³-hybridized carbons (Fsp3) is 0.167. The Bertz CT molecular complexity index is 1000. The summed E-state index contributed by atoms with van der Waals surface area (Å²) in [4.78, 5) is 20.4. The lowest BCUT2D eigenvalue weighted by Crippen LogP contribution is -2.12. The van der Waals surface area contributed by atoms with Crippen molar-refractivity contribution in [1.29, 1.82) is 0 Å². The molecule has 6 nitrogen and oxygen atoms in total. The molecule has 1 heterocycles. The number of carbonyl (C=O) groups is 1. The Morgan fingerprint density at radius 2 is 2.07 bits per heavy atom. The summed E-state index contributed by atoms with van der Waals surface area (Å²) in [5.74, 6) is 0.393. The summed E-state index contributed by atoms with van der Waals surface area (Å²) in [5.41, 5.74) is 1.63. The molecule has 0 fully saturated rings. The van der Waals surface area contributed by atoms with E-state index in [-0.39, 0.29) is 23.2 Å². The number of nitrogens with one attached hydrogen (secondary N) is 2. The lowest BCUT2D eigenvalue weighted by atomic mass is 10.1. The second-order valence-corrected chi connectivity index (χ2v) is 6.32. The van der Waals surface area contributed by atoms with Gasteiger partial charge in [-0.25, -0.2) is 14.4 Å². The van der Waals surface area contributed by atoms with Crippen molar-refractivity contribution < 1.29 is 13.9 Å². The maximum Gasteiger partial charge on any atom is 0.225 e. The predicted molar refractivity (Wildman–Crippen MR) is 105 cm³/mol. The third-order valence-electron chi connectivity index (χ3n) is 3.73. The first-order chi connectivity index (χ1) is 13.0. The summed E-state index contributed by atoms with van der Waals surface area (Å²) in [6, 6.07) is 7.65. The fourth-order valence-corrected chi connectivity index (χ4v) is 2.81. The lowest BCUT2D eigenvalue weighted by Gasteiger charge is -2.14. The SMILES string of the molecule is COc1cc2ncnc(Nc3ccc(F)c(Cl)c3)c2cc1NC(=O)CCCl. The van der Waals surface area contributed by atoms with Gasteiger partial charge in [-0.2, -0.15) is 0 Å². The number of hydrogen-bond acceptors (Lipinski definition) is 5. The zero-order chi connectivity index (χ0) is 19.4. The summed E-state index contributed by atoms with van der Waals surface area (Å²) < 4.78 is 18.7. The average Bonchev–Trinajstić information content (AvgIpc) is 2.65. The number of nitrogens with zero attached hydrogens (tertiary/aromatic N) is 2. The van der Waals surface area contributed by atoms with Gasteiger partial charge in [-0.05, 0) is 24.3 Å². The van der Waals surface area contributed by atoms with Crippen molar-refractivity contribution in [2.75, 3.05) is 23.6 Å². The van der Waals surface area contributed by atoms with Crippen LogP contribution in [0.25, 0.3) is 10.9 Å². The van der Waals surface area contributed by atoms with E-state index in [1.165, 1.54) is 25.6 Å². The number of anilines is 3. The maximum atomic E-state index is 13.4. The first-order valence-electron chi connectivity index (χ1n) is 7.92. The van der Waals surface area contributed by atoms with Crippen molar-refractivity contribution >= 4 is 57.2 Å². The van der Waals surface area contributed by atoms with Crippen molar-refractivity contribution in [3.05, 3.63) is 47.5 Å². The normalized spacial score (nSPS) is 10.7.